The number of hydrogen-bond donors (Lipinski definition) is 2. The summed E-state index contributed by atoms with van der Waals surface area (Å²) in [6.45, 7) is 5.47. The van der Waals surface area contributed by atoms with E-state index in [4.69, 9.17) is 4.74 Å². The molecule has 3 heterocycles. The highest BCUT2D eigenvalue weighted by atomic mass is 16.5. The summed E-state index contributed by atoms with van der Waals surface area (Å²) in [5.41, 5.74) is 2.73. The molecule has 1 atom stereocenters. The Balaban J connectivity index is 1.88. The molecule has 0 radical (unpaired) electrons. The Morgan fingerprint density at radius 1 is 1.35 bits per heavy atom. The number of esters is 1. The number of nitrogens with one attached hydrogen (secondary N) is 2. The summed E-state index contributed by atoms with van der Waals surface area (Å²) in [7, 11) is 1.33. The van der Waals surface area contributed by atoms with Crippen molar-refractivity contribution in [1.82, 2.24) is 24.9 Å². The molecule has 0 spiro atoms. The molecule has 1 amide bonds. The van der Waals surface area contributed by atoms with Crippen LogP contribution in [0, 0.1) is 6.92 Å². The molecular weight excluding hydrogens is 334 g/mol. The van der Waals surface area contributed by atoms with Gasteiger partial charge in [0.15, 0.2) is 11.5 Å². The van der Waals surface area contributed by atoms with Gasteiger partial charge in [-0.05, 0) is 38.0 Å². The highest BCUT2D eigenvalue weighted by molar-refractivity contribution is 6.00. The summed E-state index contributed by atoms with van der Waals surface area (Å²) in [5.74, 6) is -0.138. The SMILES string of the molecule is CCc1[nH]c(C(=O)NC(C)c2nnc3ccccn23)c(C)c1C(=O)OC. The van der Waals surface area contributed by atoms with Gasteiger partial charge < -0.3 is 15.0 Å². The first kappa shape index (κ1) is 17.7. The minimum Gasteiger partial charge on any atom is -0.465 e. The monoisotopic (exact) mass is 355 g/mol. The Morgan fingerprint density at radius 3 is 2.81 bits per heavy atom. The van der Waals surface area contributed by atoms with Gasteiger partial charge in [-0.1, -0.05) is 13.0 Å². The lowest BCUT2D eigenvalue weighted by Gasteiger charge is -2.12. The minimum atomic E-state index is -0.453. The van der Waals surface area contributed by atoms with Gasteiger partial charge in [0.25, 0.3) is 5.91 Å². The summed E-state index contributed by atoms with van der Waals surface area (Å²) >= 11 is 0. The molecule has 0 aliphatic rings. The van der Waals surface area contributed by atoms with E-state index in [0.29, 0.717) is 40.4 Å². The zero-order chi connectivity index (χ0) is 18.8. The van der Waals surface area contributed by atoms with Gasteiger partial charge in [0.05, 0.1) is 18.7 Å². The van der Waals surface area contributed by atoms with Gasteiger partial charge in [0.2, 0.25) is 0 Å². The van der Waals surface area contributed by atoms with Crippen LogP contribution in [0.3, 0.4) is 0 Å². The number of carbonyl (C=O) groups is 2. The number of ether oxygens (including phenoxy) is 1. The Hall–Kier alpha value is -3.16. The quantitative estimate of drug-likeness (QED) is 0.683. The number of rotatable bonds is 5. The average molecular weight is 355 g/mol. The van der Waals surface area contributed by atoms with Crippen LogP contribution < -0.4 is 5.32 Å². The van der Waals surface area contributed by atoms with Crippen LogP contribution in [-0.2, 0) is 11.2 Å². The summed E-state index contributed by atoms with van der Waals surface area (Å²) in [4.78, 5) is 27.8. The molecule has 0 saturated heterocycles. The molecule has 0 fully saturated rings. The number of fused-ring (bicyclic) bond motifs is 1. The predicted molar refractivity (Wildman–Crippen MR) is 95.1 cm³/mol. The van der Waals surface area contributed by atoms with Gasteiger partial charge >= 0.3 is 5.97 Å². The number of H-pyrrole nitrogens is 1. The second-order valence-electron chi connectivity index (χ2n) is 6.01. The number of carbonyl (C=O) groups excluding carboxylic acids is 2. The maximum atomic E-state index is 12.7. The first-order chi connectivity index (χ1) is 12.5. The van der Waals surface area contributed by atoms with Crippen LogP contribution in [0.1, 0.15) is 57.8 Å². The van der Waals surface area contributed by atoms with Crippen molar-refractivity contribution in [3.8, 4) is 0 Å². The third-order valence-corrected chi connectivity index (χ3v) is 4.37. The van der Waals surface area contributed by atoms with Crippen molar-refractivity contribution in [2.75, 3.05) is 7.11 Å². The first-order valence-corrected chi connectivity index (χ1v) is 8.38. The van der Waals surface area contributed by atoms with E-state index in [0.717, 1.165) is 0 Å². The molecular formula is C18H21N5O3. The highest BCUT2D eigenvalue weighted by Crippen LogP contribution is 2.21. The molecule has 8 heteroatoms. The molecule has 1 unspecified atom stereocenters. The molecule has 3 rings (SSSR count). The molecule has 3 aromatic rings. The number of aryl methyl sites for hydroxylation is 1. The summed E-state index contributed by atoms with van der Waals surface area (Å²) in [6.07, 6.45) is 2.43. The van der Waals surface area contributed by atoms with Gasteiger partial charge in [0.1, 0.15) is 5.69 Å². The van der Waals surface area contributed by atoms with E-state index >= 15 is 0 Å². The van der Waals surface area contributed by atoms with Crippen molar-refractivity contribution < 1.29 is 14.3 Å². The van der Waals surface area contributed by atoms with Gasteiger partial charge in [0, 0.05) is 11.9 Å². The normalized spacial score (nSPS) is 12.2. The second-order valence-corrected chi connectivity index (χ2v) is 6.01. The molecule has 0 aliphatic carbocycles. The average Bonchev–Trinajstić information content (AvgIpc) is 3.22. The number of nitrogens with zero attached hydrogens (tertiary/aromatic N) is 3. The maximum Gasteiger partial charge on any atom is 0.339 e. The van der Waals surface area contributed by atoms with E-state index in [1.165, 1.54) is 7.11 Å². The van der Waals surface area contributed by atoms with Crippen LogP contribution in [0.2, 0.25) is 0 Å². The number of aromatic amines is 1. The molecule has 136 valence electrons. The fourth-order valence-electron chi connectivity index (χ4n) is 3.02. The standard InChI is InChI=1S/C18H21N5O3/c1-5-12-14(18(25)26-4)10(2)15(20-12)17(24)19-11(3)16-22-21-13-8-6-7-9-23(13)16/h6-9,11,20H,5H2,1-4H3,(H,19,24). The molecule has 8 nitrogen and oxygen atoms in total. The Labute approximate surface area is 150 Å². The zero-order valence-corrected chi connectivity index (χ0v) is 15.2. The summed E-state index contributed by atoms with van der Waals surface area (Å²) in [5, 5.41) is 11.2. The van der Waals surface area contributed by atoms with Crippen LogP contribution in [0.15, 0.2) is 24.4 Å². The smallest absolute Gasteiger partial charge is 0.339 e. The van der Waals surface area contributed by atoms with Gasteiger partial charge in [-0.2, -0.15) is 0 Å². The summed E-state index contributed by atoms with van der Waals surface area (Å²) in [6, 6.07) is 5.23. The fourth-order valence-corrected chi connectivity index (χ4v) is 3.02. The lowest BCUT2D eigenvalue weighted by atomic mass is 10.1. The lowest BCUT2D eigenvalue weighted by Crippen LogP contribution is -2.28. The topological polar surface area (TPSA) is 101 Å². The second kappa shape index (κ2) is 6.99. The van der Waals surface area contributed by atoms with Crippen LogP contribution in [0.25, 0.3) is 5.65 Å². The Kier molecular flexibility index (Phi) is 4.75. The van der Waals surface area contributed by atoms with Crippen molar-refractivity contribution >= 4 is 17.5 Å². The molecule has 0 aromatic carbocycles. The molecule has 26 heavy (non-hydrogen) atoms. The van der Waals surface area contributed by atoms with E-state index < -0.39 is 5.97 Å². The summed E-state index contributed by atoms with van der Waals surface area (Å²) < 4.78 is 6.65. The van der Waals surface area contributed by atoms with Crippen LogP contribution in [0.4, 0.5) is 0 Å². The van der Waals surface area contributed by atoms with Crippen molar-refractivity contribution in [3.63, 3.8) is 0 Å². The van der Waals surface area contributed by atoms with Gasteiger partial charge in [-0.15, -0.1) is 10.2 Å². The number of aromatic nitrogens is 4. The first-order valence-electron chi connectivity index (χ1n) is 8.38. The van der Waals surface area contributed by atoms with Crippen molar-refractivity contribution in [1.29, 1.82) is 0 Å². The fraction of sp³-hybridized carbons (Fsp3) is 0.333. The molecule has 0 saturated carbocycles. The molecule has 0 bridgehead atoms. The van der Waals surface area contributed by atoms with E-state index in [1.54, 1.807) is 6.92 Å². The third-order valence-electron chi connectivity index (χ3n) is 4.37. The minimum absolute atomic E-state index is 0.312. The maximum absolute atomic E-state index is 12.7. The van der Waals surface area contributed by atoms with Crippen LogP contribution in [-0.4, -0.2) is 38.6 Å². The van der Waals surface area contributed by atoms with E-state index in [2.05, 4.69) is 20.5 Å². The van der Waals surface area contributed by atoms with E-state index in [9.17, 15) is 9.59 Å². The number of methoxy groups -OCH3 is 1. The van der Waals surface area contributed by atoms with Crippen molar-refractivity contribution in [2.45, 2.75) is 33.2 Å². The van der Waals surface area contributed by atoms with E-state index in [1.807, 2.05) is 42.6 Å². The number of hydrogen-bond acceptors (Lipinski definition) is 5. The Morgan fingerprint density at radius 2 is 2.12 bits per heavy atom. The molecule has 0 aliphatic heterocycles. The van der Waals surface area contributed by atoms with Crippen LogP contribution >= 0.6 is 0 Å². The molecule has 2 N–H and O–H groups in total. The van der Waals surface area contributed by atoms with Gasteiger partial charge in [-0.25, -0.2) is 4.79 Å². The zero-order valence-electron chi connectivity index (χ0n) is 15.2. The van der Waals surface area contributed by atoms with Gasteiger partial charge in [-0.3, -0.25) is 9.20 Å². The number of amides is 1. The third kappa shape index (κ3) is 2.94. The molecule has 3 aromatic heterocycles. The number of pyridine rings is 1. The largest absolute Gasteiger partial charge is 0.465 e. The lowest BCUT2D eigenvalue weighted by molar-refractivity contribution is 0.0599. The predicted octanol–water partition coefficient (Wildman–Crippen LogP) is 2.21. The van der Waals surface area contributed by atoms with Crippen LogP contribution in [0.5, 0.6) is 0 Å². The van der Waals surface area contributed by atoms with Crippen molar-refractivity contribution in [3.05, 3.63) is 52.7 Å². The van der Waals surface area contributed by atoms with Crippen molar-refractivity contribution in [2.24, 2.45) is 0 Å². The van der Waals surface area contributed by atoms with E-state index in [-0.39, 0.29) is 11.9 Å². The Bertz CT molecular complexity index is 973. The highest BCUT2D eigenvalue weighted by Gasteiger charge is 2.25.